The van der Waals surface area contributed by atoms with Gasteiger partial charge in [0, 0.05) is 11.8 Å². The van der Waals surface area contributed by atoms with Gasteiger partial charge in [0.25, 0.3) is 5.91 Å². The number of pyridine rings is 2. The molecule has 0 unspecified atom stereocenters. The van der Waals surface area contributed by atoms with Crippen molar-refractivity contribution in [2.75, 3.05) is 5.32 Å². The molecule has 92 valence electrons. The lowest BCUT2D eigenvalue weighted by atomic mass is 10.2. The molecule has 0 aromatic carbocycles. The van der Waals surface area contributed by atoms with Gasteiger partial charge in [-0.1, -0.05) is 6.07 Å². The number of hydrogen-bond acceptors (Lipinski definition) is 4. The van der Waals surface area contributed by atoms with Crippen LogP contribution in [0, 0.1) is 0 Å². The predicted molar refractivity (Wildman–Crippen MR) is 70.1 cm³/mol. The second-order valence-corrected chi connectivity index (χ2v) is 4.30. The summed E-state index contributed by atoms with van der Waals surface area (Å²) in [6.07, 6.45) is 3.04. The fourth-order valence-corrected chi connectivity index (χ4v) is 1.74. The first kappa shape index (κ1) is 12.7. The summed E-state index contributed by atoms with van der Waals surface area (Å²) < 4.78 is 0.587. The van der Waals surface area contributed by atoms with E-state index in [1.165, 1.54) is 6.20 Å². The molecule has 5 nitrogen and oxygen atoms in total. The summed E-state index contributed by atoms with van der Waals surface area (Å²) in [6, 6.07) is 6.71. The van der Waals surface area contributed by atoms with Crippen LogP contribution in [-0.2, 0) is 6.61 Å². The number of aliphatic hydroxyl groups is 1. The molecule has 0 bridgehead atoms. The van der Waals surface area contributed by atoms with Crippen LogP contribution < -0.4 is 5.32 Å². The van der Waals surface area contributed by atoms with Crippen molar-refractivity contribution in [1.29, 1.82) is 0 Å². The van der Waals surface area contributed by atoms with Crippen LogP contribution in [-0.4, -0.2) is 21.0 Å². The van der Waals surface area contributed by atoms with Gasteiger partial charge in [0.1, 0.15) is 10.3 Å². The molecule has 0 spiro atoms. The number of carbonyl (C=O) groups excluding carboxylic acids is 1. The monoisotopic (exact) mass is 307 g/mol. The minimum Gasteiger partial charge on any atom is -0.392 e. The molecule has 0 saturated carbocycles. The zero-order valence-corrected chi connectivity index (χ0v) is 10.9. The van der Waals surface area contributed by atoms with Crippen molar-refractivity contribution < 1.29 is 9.90 Å². The Balaban J connectivity index is 2.21. The number of nitrogens with zero attached hydrogens (tertiary/aromatic N) is 2. The van der Waals surface area contributed by atoms with E-state index in [9.17, 15) is 4.79 Å². The minimum atomic E-state index is -0.348. The highest BCUT2D eigenvalue weighted by atomic mass is 79.9. The Labute approximate surface area is 112 Å². The van der Waals surface area contributed by atoms with Crippen molar-refractivity contribution in [3.63, 3.8) is 0 Å². The second kappa shape index (κ2) is 5.70. The second-order valence-electron chi connectivity index (χ2n) is 3.49. The van der Waals surface area contributed by atoms with Crippen molar-refractivity contribution in [3.8, 4) is 0 Å². The van der Waals surface area contributed by atoms with Gasteiger partial charge in [0.05, 0.1) is 18.5 Å². The molecule has 0 radical (unpaired) electrons. The molecule has 0 fully saturated rings. The number of aromatic nitrogens is 2. The number of carbonyl (C=O) groups is 1. The van der Waals surface area contributed by atoms with Gasteiger partial charge in [0.2, 0.25) is 0 Å². The SMILES string of the molecule is O=C(Nc1cnccc1CO)c1cccc(Br)n1. The zero-order chi connectivity index (χ0) is 13.0. The zero-order valence-electron chi connectivity index (χ0n) is 9.30. The van der Waals surface area contributed by atoms with E-state index in [4.69, 9.17) is 5.11 Å². The summed E-state index contributed by atoms with van der Waals surface area (Å²) in [5.74, 6) is -0.348. The summed E-state index contributed by atoms with van der Waals surface area (Å²) in [6.45, 7) is -0.163. The summed E-state index contributed by atoms with van der Waals surface area (Å²) in [4.78, 5) is 19.9. The quantitative estimate of drug-likeness (QED) is 0.850. The van der Waals surface area contributed by atoms with Crippen LogP contribution in [0.25, 0.3) is 0 Å². The molecular formula is C12H10BrN3O2. The maximum absolute atomic E-state index is 11.9. The van der Waals surface area contributed by atoms with Gasteiger partial charge in [-0.3, -0.25) is 9.78 Å². The molecule has 2 heterocycles. The van der Waals surface area contributed by atoms with Crippen molar-refractivity contribution in [2.45, 2.75) is 6.61 Å². The van der Waals surface area contributed by atoms with E-state index in [-0.39, 0.29) is 18.2 Å². The van der Waals surface area contributed by atoms with Crippen LogP contribution in [0.4, 0.5) is 5.69 Å². The Hall–Kier alpha value is -1.79. The van der Waals surface area contributed by atoms with Crippen LogP contribution in [0.2, 0.25) is 0 Å². The third kappa shape index (κ3) is 2.91. The first-order valence-corrected chi connectivity index (χ1v) is 5.97. The molecule has 0 saturated heterocycles. The molecule has 2 aromatic heterocycles. The highest BCUT2D eigenvalue weighted by molar-refractivity contribution is 9.10. The van der Waals surface area contributed by atoms with Gasteiger partial charge < -0.3 is 10.4 Å². The molecule has 0 aliphatic rings. The largest absolute Gasteiger partial charge is 0.392 e. The number of amides is 1. The number of rotatable bonds is 3. The first-order chi connectivity index (χ1) is 8.70. The highest BCUT2D eigenvalue weighted by Gasteiger charge is 2.10. The molecule has 2 aromatic rings. The standard InChI is InChI=1S/C12H10BrN3O2/c13-11-3-1-2-9(15-11)12(18)16-10-6-14-5-4-8(10)7-17/h1-6,17H,7H2,(H,16,18). The Bertz CT molecular complexity index is 575. The van der Waals surface area contributed by atoms with Gasteiger partial charge in [-0.25, -0.2) is 4.98 Å². The summed E-state index contributed by atoms with van der Waals surface area (Å²) in [5, 5.41) is 11.8. The van der Waals surface area contributed by atoms with Crippen molar-refractivity contribution in [1.82, 2.24) is 9.97 Å². The van der Waals surface area contributed by atoms with E-state index < -0.39 is 0 Å². The van der Waals surface area contributed by atoms with Gasteiger partial charge in [-0.05, 0) is 34.1 Å². The fourth-order valence-electron chi connectivity index (χ4n) is 1.39. The predicted octanol–water partition coefficient (Wildman–Crippen LogP) is 1.98. The molecule has 2 rings (SSSR count). The summed E-state index contributed by atoms with van der Waals surface area (Å²) >= 11 is 3.20. The van der Waals surface area contributed by atoms with Crippen molar-refractivity contribution in [3.05, 3.63) is 52.5 Å². The third-order valence-electron chi connectivity index (χ3n) is 2.28. The number of halogens is 1. The first-order valence-electron chi connectivity index (χ1n) is 5.18. The van der Waals surface area contributed by atoms with Crippen LogP contribution in [0.3, 0.4) is 0 Å². The van der Waals surface area contributed by atoms with E-state index in [0.717, 1.165) is 0 Å². The lowest BCUT2D eigenvalue weighted by Crippen LogP contribution is -2.15. The Morgan fingerprint density at radius 2 is 2.22 bits per heavy atom. The minimum absolute atomic E-state index is 0.163. The number of anilines is 1. The molecule has 0 aliphatic carbocycles. The fraction of sp³-hybridized carbons (Fsp3) is 0.0833. The molecule has 18 heavy (non-hydrogen) atoms. The average Bonchev–Trinajstić information content (AvgIpc) is 2.39. The molecule has 0 atom stereocenters. The van der Waals surface area contributed by atoms with Gasteiger partial charge in [-0.15, -0.1) is 0 Å². The van der Waals surface area contributed by atoms with E-state index in [1.807, 2.05) is 0 Å². The van der Waals surface area contributed by atoms with Gasteiger partial charge in [-0.2, -0.15) is 0 Å². The van der Waals surface area contributed by atoms with Crippen molar-refractivity contribution in [2.24, 2.45) is 0 Å². The lowest BCUT2D eigenvalue weighted by molar-refractivity contribution is 0.102. The molecule has 1 amide bonds. The lowest BCUT2D eigenvalue weighted by Gasteiger charge is -2.08. The summed E-state index contributed by atoms with van der Waals surface area (Å²) in [7, 11) is 0. The van der Waals surface area contributed by atoms with E-state index in [1.54, 1.807) is 30.5 Å². The van der Waals surface area contributed by atoms with Gasteiger partial charge in [0.15, 0.2) is 0 Å². The average molecular weight is 308 g/mol. The molecule has 2 N–H and O–H groups in total. The van der Waals surface area contributed by atoms with Gasteiger partial charge >= 0.3 is 0 Å². The number of aliphatic hydroxyl groups excluding tert-OH is 1. The Kier molecular flexibility index (Phi) is 4.01. The number of nitrogens with one attached hydrogen (secondary N) is 1. The normalized spacial score (nSPS) is 10.1. The maximum Gasteiger partial charge on any atom is 0.274 e. The van der Waals surface area contributed by atoms with Crippen LogP contribution in [0.1, 0.15) is 16.1 Å². The number of hydrogen-bond donors (Lipinski definition) is 2. The van der Waals surface area contributed by atoms with Crippen LogP contribution in [0.15, 0.2) is 41.3 Å². The Morgan fingerprint density at radius 1 is 1.39 bits per heavy atom. The molecule has 6 heteroatoms. The topological polar surface area (TPSA) is 75.1 Å². The Morgan fingerprint density at radius 3 is 2.94 bits per heavy atom. The van der Waals surface area contributed by atoms with E-state index in [0.29, 0.717) is 15.9 Å². The van der Waals surface area contributed by atoms with E-state index in [2.05, 4.69) is 31.2 Å². The smallest absolute Gasteiger partial charge is 0.274 e. The van der Waals surface area contributed by atoms with Crippen molar-refractivity contribution >= 4 is 27.5 Å². The maximum atomic E-state index is 11.9. The van der Waals surface area contributed by atoms with Crippen LogP contribution in [0.5, 0.6) is 0 Å². The molecular weight excluding hydrogens is 298 g/mol. The highest BCUT2D eigenvalue weighted by Crippen LogP contribution is 2.14. The van der Waals surface area contributed by atoms with Crippen LogP contribution >= 0.6 is 15.9 Å². The van der Waals surface area contributed by atoms with E-state index >= 15 is 0 Å². The summed E-state index contributed by atoms with van der Waals surface area (Å²) in [5.41, 5.74) is 1.37. The third-order valence-corrected chi connectivity index (χ3v) is 2.72. The molecule has 0 aliphatic heterocycles.